The van der Waals surface area contributed by atoms with E-state index >= 15 is 0 Å². The molecule has 2 aliphatic rings. The highest BCUT2D eigenvalue weighted by atomic mass is 32.2. The molecule has 2 heterocycles. The van der Waals surface area contributed by atoms with Crippen molar-refractivity contribution in [3.63, 3.8) is 0 Å². The highest BCUT2D eigenvalue weighted by Gasteiger charge is 2.52. The van der Waals surface area contributed by atoms with Gasteiger partial charge in [-0.25, -0.2) is 0 Å². The SMILES string of the molecule is Cc1ccc(SCc2ccc(C(=O)N[C@@H]3[C@@H](N)[C@H]4CCO[C@H]43)o2)cc1. The fourth-order valence-corrected chi connectivity index (χ4v) is 4.31. The van der Waals surface area contributed by atoms with Crippen LogP contribution in [0.4, 0.5) is 0 Å². The van der Waals surface area contributed by atoms with E-state index in [1.165, 1.54) is 10.5 Å². The van der Waals surface area contributed by atoms with E-state index < -0.39 is 0 Å². The number of hydrogen-bond acceptors (Lipinski definition) is 5. The summed E-state index contributed by atoms with van der Waals surface area (Å²) >= 11 is 1.68. The number of rotatable bonds is 5. The summed E-state index contributed by atoms with van der Waals surface area (Å²) in [5.41, 5.74) is 7.37. The number of nitrogens with two attached hydrogens (primary N) is 1. The van der Waals surface area contributed by atoms with Crippen molar-refractivity contribution in [2.45, 2.75) is 42.2 Å². The van der Waals surface area contributed by atoms with Gasteiger partial charge in [0, 0.05) is 23.5 Å². The Kier molecular flexibility index (Phi) is 4.58. The van der Waals surface area contributed by atoms with Crippen molar-refractivity contribution < 1.29 is 13.9 Å². The van der Waals surface area contributed by atoms with Crippen molar-refractivity contribution in [3.05, 3.63) is 53.5 Å². The van der Waals surface area contributed by atoms with Gasteiger partial charge >= 0.3 is 0 Å². The number of aryl methyl sites for hydroxylation is 1. The molecule has 1 aliphatic carbocycles. The molecule has 5 nitrogen and oxygen atoms in total. The van der Waals surface area contributed by atoms with E-state index in [-0.39, 0.29) is 24.1 Å². The second kappa shape index (κ2) is 6.86. The molecular weight excluding hydrogens is 336 g/mol. The maximum Gasteiger partial charge on any atom is 0.287 e. The smallest absolute Gasteiger partial charge is 0.287 e. The van der Waals surface area contributed by atoms with Crippen LogP contribution < -0.4 is 11.1 Å². The molecule has 1 saturated carbocycles. The van der Waals surface area contributed by atoms with Gasteiger partial charge in [0.25, 0.3) is 5.91 Å². The number of benzene rings is 1. The zero-order chi connectivity index (χ0) is 17.4. The fourth-order valence-electron chi connectivity index (χ4n) is 3.52. The van der Waals surface area contributed by atoms with Gasteiger partial charge in [0.15, 0.2) is 5.76 Å². The molecule has 0 radical (unpaired) electrons. The Labute approximate surface area is 151 Å². The summed E-state index contributed by atoms with van der Waals surface area (Å²) in [5, 5.41) is 2.96. The predicted molar refractivity (Wildman–Crippen MR) is 96.5 cm³/mol. The summed E-state index contributed by atoms with van der Waals surface area (Å²) < 4.78 is 11.3. The lowest BCUT2D eigenvalue weighted by atomic mass is 9.72. The number of amides is 1. The molecule has 3 N–H and O–H groups in total. The number of fused-ring (bicyclic) bond motifs is 1. The van der Waals surface area contributed by atoms with E-state index in [1.807, 2.05) is 6.07 Å². The largest absolute Gasteiger partial charge is 0.455 e. The quantitative estimate of drug-likeness (QED) is 0.804. The molecule has 2 aromatic rings. The molecule has 132 valence electrons. The fraction of sp³-hybridized carbons (Fsp3) is 0.421. The number of thioether (sulfide) groups is 1. The molecule has 0 spiro atoms. The van der Waals surface area contributed by atoms with Gasteiger partial charge in [0.2, 0.25) is 0 Å². The van der Waals surface area contributed by atoms with Crippen LogP contribution in [0.15, 0.2) is 45.7 Å². The molecule has 1 aliphatic heterocycles. The number of ether oxygens (including phenoxy) is 1. The molecule has 25 heavy (non-hydrogen) atoms. The van der Waals surface area contributed by atoms with Gasteiger partial charge in [-0.15, -0.1) is 11.8 Å². The van der Waals surface area contributed by atoms with E-state index in [4.69, 9.17) is 14.9 Å². The molecule has 4 atom stereocenters. The van der Waals surface area contributed by atoms with Crippen molar-refractivity contribution in [2.75, 3.05) is 6.61 Å². The van der Waals surface area contributed by atoms with E-state index in [2.05, 4.69) is 36.5 Å². The van der Waals surface area contributed by atoms with Crippen LogP contribution in [0, 0.1) is 12.8 Å². The van der Waals surface area contributed by atoms with Crippen molar-refractivity contribution in [3.8, 4) is 0 Å². The summed E-state index contributed by atoms with van der Waals surface area (Å²) in [6.07, 6.45) is 1.05. The number of nitrogens with one attached hydrogen (secondary N) is 1. The summed E-state index contributed by atoms with van der Waals surface area (Å²) in [5.74, 6) is 1.95. The molecule has 0 bridgehead atoms. The van der Waals surface area contributed by atoms with Crippen LogP contribution in [0.2, 0.25) is 0 Å². The third kappa shape index (κ3) is 3.34. The summed E-state index contributed by atoms with van der Waals surface area (Å²) in [6, 6.07) is 11.8. The van der Waals surface area contributed by atoms with Crippen LogP contribution >= 0.6 is 11.8 Å². The lowest BCUT2D eigenvalue weighted by molar-refractivity contribution is -0.0164. The van der Waals surface area contributed by atoms with Gasteiger partial charge in [-0.1, -0.05) is 17.7 Å². The minimum Gasteiger partial charge on any atom is -0.455 e. The summed E-state index contributed by atoms with van der Waals surface area (Å²) in [7, 11) is 0. The first-order valence-corrected chi connectivity index (χ1v) is 9.56. The average molecular weight is 358 g/mol. The average Bonchev–Trinajstić information content (AvgIpc) is 3.26. The summed E-state index contributed by atoms with van der Waals surface area (Å²) in [4.78, 5) is 13.6. The minimum absolute atomic E-state index is 0.0250. The second-order valence-corrected chi connectivity index (χ2v) is 7.78. The molecule has 1 amide bonds. The second-order valence-electron chi connectivity index (χ2n) is 6.73. The molecule has 2 fully saturated rings. The van der Waals surface area contributed by atoms with Crippen molar-refractivity contribution in [1.29, 1.82) is 0 Å². The van der Waals surface area contributed by atoms with E-state index in [0.29, 0.717) is 17.4 Å². The Morgan fingerprint density at radius 3 is 2.88 bits per heavy atom. The standard InChI is InChI=1S/C19H22N2O3S/c1-11-2-5-13(6-3-11)25-10-12-4-7-15(24-12)19(22)21-17-16(20)14-8-9-23-18(14)17/h2-7,14,16-18H,8-10,20H2,1H3,(H,21,22)/t14-,16+,17-,18-/m1/s1. The molecular formula is C19H22N2O3S. The van der Waals surface area contributed by atoms with Gasteiger partial charge in [-0.3, -0.25) is 4.79 Å². The van der Waals surface area contributed by atoms with Crippen molar-refractivity contribution in [1.82, 2.24) is 5.32 Å². The van der Waals surface area contributed by atoms with Gasteiger partial charge in [0.1, 0.15) is 5.76 Å². The number of carbonyl (C=O) groups is 1. The van der Waals surface area contributed by atoms with Gasteiger partial charge in [-0.2, -0.15) is 0 Å². The number of carbonyl (C=O) groups excluding carboxylic acids is 1. The number of furan rings is 1. The van der Waals surface area contributed by atoms with Crippen molar-refractivity contribution >= 4 is 17.7 Å². The third-order valence-corrected chi connectivity index (χ3v) is 6.07. The Hall–Kier alpha value is -1.76. The van der Waals surface area contributed by atoms with Crippen molar-refractivity contribution in [2.24, 2.45) is 11.7 Å². The lowest BCUT2D eigenvalue weighted by Crippen LogP contribution is -2.68. The monoisotopic (exact) mass is 358 g/mol. The van der Waals surface area contributed by atoms with Gasteiger partial charge in [-0.05, 0) is 37.6 Å². The molecule has 1 aromatic heterocycles. The molecule has 6 heteroatoms. The van der Waals surface area contributed by atoms with Crippen LogP contribution in [0.3, 0.4) is 0 Å². The Bertz CT molecular complexity index is 758. The number of hydrogen-bond donors (Lipinski definition) is 2. The van der Waals surface area contributed by atoms with Crippen LogP contribution in [-0.2, 0) is 10.5 Å². The first-order valence-electron chi connectivity index (χ1n) is 8.58. The van der Waals surface area contributed by atoms with E-state index in [0.717, 1.165) is 18.8 Å². The Balaban J connectivity index is 1.33. The zero-order valence-electron chi connectivity index (χ0n) is 14.1. The van der Waals surface area contributed by atoms with Crippen LogP contribution in [-0.4, -0.2) is 30.7 Å². The Morgan fingerprint density at radius 1 is 1.28 bits per heavy atom. The maximum absolute atomic E-state index is 12.4. The zero-order valence-corrected chi connectivity index (χ0v) is 14.9. The summed E-state index contributed by atoms with van der Waals surface area (Å²) in [6.45, 7) is 2.80. The van der Waals surface area contributed by atoms with E-state index in [9.17, 15) is 4.79 Å². The maximum atomic E-state index is 12.4. The van der Waals surface area contributed by atoms with Gasteiger partial charge in [0.05, 0.1) is 17.9 Å². The molecule has 0 unspecified atom stereocenters. The first-order chi connectivity index (χ1) is 12.1. The van der Waals surface area contributed by atoms with E-state index in [1.54, 1.807) is 17.8 Å². The highest BCUT2D eigenvalue weighted by molar-refractivity contribution is 7.98. The Morgan fingerprint density at radius 2 is 2.08 bits per heavy atom. The van der Waals surface area contributed by atoms with Crippen LogP contribution in [0.5, 0.6) is 0 Å². The first kappa shape index (κ1) is 16.7. The minimum atomic E-state index is -0.221. The van der Waals surface area contributed by atoms with Crippen LogP contribution in [0.25, 0.3) is 0 Å². The highest BCUT2D eigenvalue weighted by Crippen LogP contribution is 2.37. The van der Waals surface area contributed by atoms with Crippen LogP contribution in [0.1, 0.15) is 28.3 Å². The normalized spacial score (nSPS) is 27.6. The topological polar surface area (TPSA) is 77.5 Å². The molecule has 1 saturated heterocycles. The molecule has 4 rings (SSSR count). The van der Waals surface area contributed by atoms with Gasteiger partial charge < -0.3 is 20.2 Å². The molecule has 1 aromatic carbocycles. The lowest BCUT2D eigenvalue weighted by Gasteiger charge is -2.45. The third-order valence-electron chi connectivity index (χ3n) is 5.03. The predicted octanol–water partition coefficient (Wildman–Crippen LogP) is 2.72.